The number of carbonyl (C=O) groups is 1. The molecule has 0 heterocycles. The molecule has 0 radical (unpaired) electrons. The van der Waals surface area contributed by atoms with Crippen LogP contribution in [0, 0.1) is 5.92 Å². The SMILES string of the molecule is Cl.N[C@H]1CCCCC[C@H]1C(=O)O. The number of nitrogens with two attached hydrogens (primary N) is 1. The van der Waals surface area contributed by atoms with Gasteiger partial charge in [-0.3, -0.25) is 4.79 Å². The third-order valence-corrected chi connectivity index (χ3v) is 2.39. The lowest BCUT2D eigenvalue weighted by molar-refractivity contribution is -0.142. The largest absolute Gasteiger partial charge is 0.481 e. The summed E-state index contributed by atoms with van der Waals surface area (Å²) in [5.41, 5.74) is 5.70. The van der Waals surface area contributed by atoms with E-state index < -0.39 is 5.97 Å². The quantitative estimate of drug-likeness (QED) is 0.619. The van der Waals surface area contributed by atoms with E-state index in [0.29, 0.717) is 0 Å². The molecule has 72 valence electrons. The Kier molecular flexibility index (Phi) is 5.25. The molecule has 4 heteroatoms. The molecule has 1 aliphatic carbocycles. The fourth-order valence-electron chi connectivity index (χ4n) is 1.64. The zero-order valence-electron chi connectivity index (χ0n) is 7.03. The van der Waals surface area contributed by atoms with Gasteiger partial charge in [0.1, 0.15) is 0 Å². The Balaban J connectivity index is 0.00000121. The summed E-state index contributed by atoms with van der Waals surface area (Å²) in [6.45, 7) is 0. The van der Waals surface area contributed by atoms with Gasteiger partial charge in [-0.1, -0.05) is 19.3 Å². The van der Waals surface area contributed by atoms with Crippen LogP contribution in [0.5, 0.6) is 0 Å². The highest BCUT2D eigenvalue weighted by Crippen LogP contribution is 2.21. The molecular weight excluding hydrogens is 178 g/mol. The first-order chi connectivity index (χ1) is 5.22. The lowest BCUT2D eigenvalue weighted by atomic mass is 9.96. The summed E-state index contributed by atoms with van der Waals surface area (Å²) in [6, 6.07) is -0.116. The van der Waals surface area contributed by atoms with Crippen molar-refractivity contribution in [2.45, 2.75) is 38.1 Å². The highest BCUT2D eigenvalue weighted by Gasteiger charge is 2.26. The molecule has 0 unspecified atom stereocenters. The fourth-order valence-corrected chi connectivity index (χ4v) is 1.64. The molecule has 0 bridgehead atoms. The molecule has 1 aliphatic rings. The van der Waals surface area contributed by atoms with Crippen molar-refractivity contribution >= 4 is 18.4 Å². The molecule has 0 aromatic heterocycles. The number of carboxylic acid groups (broad SMARTS) is 1. The Labute approximate surface area is 78.7 Å². The van der Waals surface area contributed by atoms with Crippen LogP contribution in [0.15, 0.2) is 0 Å². The van der Waals surface area contributed by atoms with E-state index in [1.807, 2.05) is 0 Å². The topological polar surface area (TPSA) is 63.3 Å². The van der Waals surface area contributed by atoms with Crippen LogP contribution in [-0.2, 0) is 4.79 Å². The van der Waals surface area contributed by atoms with E-state index in [-0.39, 0.29) is 24.4 Å². The van der Waals surface area contributed by atoms with Crippen LogP contribution in [0.4, 0.5) is 0 Å². The van der Waals surface area contributed by atoms with Gasteiger partial charge >= 0.3 is 5.97 Å². The molecule has 3 N–H and O–H groups in total. The molecule has 0 saturated heterocycles. The average molecular weight is 194 g/mol. The van der Waals surface area contributed by atoms with Crippen LogP contribution >= 0.6 is 12.4 Å². The Hall–Kier alpha value is -0.280. The van der Waals surface area contributed by atoms with Gasteiger partial charge in [-0.15, -0.1) is 12.4 Å². The summed E-state index contributed by atoms with van der Waals surface area (Å²) in [7, 11) is 0. The standard InChI is InChI=1S/C8H15NO2.ClH/c9-7-5-3-1-2-4-6(7)8(10)11;/h6-7H,1-5,9H2,(H,10,11);1H/t6-,7+;/m1./s1. The molecule has 2 atom stereocenters. The zero-order valence-corrected chi connectivity index (χ0v) is 7.85. The minimum Gasteiger partial charge on any atom is -0.481 e. The molecular formula is C8H16ClNO2. The van der Waals surface area contributed by atoms with Crippen LogP contribution in [0.3, 0.4) is 0 Å². The maximum Gasteiger partial charge on any atom is 0.308 e. The van der Waals surface area contributed by atoms with Crippen LogP contribution < -0.4 is 5.73 Å². The summed E-state index contributed by atoms with van der Waals surface area (Å²) >= 11 is 0. The highest BCUT2D eigenvalue weighted by molar-refractivity contribution is 5.85. The third kappa shape index (κ3) is 2.99. The van der Waals surface area contributed by atoms with Crippen LogP contribution in [0.2, 0.25) is 0 Å². The first-order valence-corrected chi connectivity index (χ1v) is 4.20. The van der Waals surface area contributed by atoms with Crippen molar-refractivity contribution in [3.8, 4) is 0 Å². The van der Waals surface area contributed by atoms with Gasteiger partial charge in [0.05, 0.1) is 5.92 Å². The number of hydrogen-bond donors (Lipinski definition) is 2. The average Bonchev–Trinajstić information content (AvgIpc) is 2.13. The fraction of sp³-hybridized carbons (Fsp3) is 0.875. The van der Waals surface area contributed by atoms with E-state index in [1.54, 1.807) is 0 Å². The van der Waals surface area contributed by atoms with Gasteiger partial charge in [-0.05, 0) is 12.8 Å². The lowest BCUT2D eigenvalue weighted by Gasteiger charge is -2.15. The predicted molar refractivity (Wildman–Crippen MR) is 49.4 cm³/mol. The summed E-state index contributed by atoms with van der Waals surface area (Å²) in [4.78, 5) is 10.6. The smallest absolute Gasteiger partial charge is 0.308 e. The van der Waals surface area contributed by atoms with Gasteiger partial charge in [0.15, 0.2) is 0 Å². The maximum atomic E-state index is 10.6. The zero-order chi connectivity index (χ0) is 8.27. The Bertz CT molecular complexity index is 152. The van der Waals surface area contributed by atoms with Gasteiger partial charge in [-0.25, -0.2) is 0 Å². The molecule has 0 spiro atoms. The van der Waals surface area contributed by atoms with E-state index in [1.165, 1.54) is 0 Å². The highest BCUT2D eigenvalue weighted by atomic mass is 35.5. The van der Waals surface area contributed by atoms with E-state index in [2.05, 4.69) is 0 Å². The van der Waals surface area contributed by atoms with Crippen molar-refractivity contribution in [1.82, 2.24) is 0 Å². The molecule has 1 saturated carbocycles. The second kappa shape index (κ2) is 5.38. The molecule has 1 fully saturated rings. The lowest BCUT2D eigenvalue weighted by Crippen LogP contribution is -2.34. The minimum atomic E-state index is -0.723. The number of rotatable bonds is 1. The van der Waals surface area contributed by atoms with Gasteiger partial charge in [0.25, 0.3) is 0 Å². The first kappa shape index (κ1) is 11.7. The second-order valence-electron chi connectivity index (χ2n) is 3.25. The summed E-state index contributed by atoms with van der Waals surface area (Å²) in [6.07, 6.45) is 4.88. The summed E-state index contributed by atoms with van der Waals surface area (Å²) < 4.78 is 0. The number of hydrogen-bond acceptors (Lipinski definition) is 2. The number of halogens is 1. The maximum absolute atomic E-state index is 10.6. The van der Waals surface area contributed by atoms with Crippen molar-refractivity contribution < 1.29 is 9.90 Å². The van der Waals surface area contributed by atoms with Gasteiger partial charge in [0.2, 0.25) is 0 Å². The molecule has 0 amide bonds. The molecule has 0 aromatic carbocycles. The molecule has 0 aromatic rings. The normalized spacial score (nSPS) is 30.1. The molecule has 12 heavy (non-hydrogen) atoms. The van der Waals surface area contributed by atoms with Gasteiger partial charge in [0, 0.05) is 6.04 Å². The van der Waals surface area contributed by atoms with Crippen LogP contribution in [0.25, 0.3) is 0 Å². The summed E-state index contributed by atoms with van der Waals surface area (Å²) in [5, 5.41) is 8.75. The van der Waals surface area contributed by atoms with Crippen molar-refractivity contribution in [3.63, 3.8) is 0 Å². The van der Waals surface area contributed by atoms with E-state index in [9.17, 15) is 4.79 Å². The molecule has 0 aliphatic heterocycles. The van der Waals surface area contributed by atoms with E-state index in [4.69, 9.17) is 10.8 Å². The first-order valence-electron chi connectivity index (χ1n) is 4.20. The molecule has 1 rings (SSSR count). The predicted octanol–water partition coefficient (Wildman–Crippen LogP) is 1.40. The van der Waals surface area contributed by atoms with E-state index in [0.717, 1.165) is 32.1 Å². The number of carboxylic acids is 1. The van der Waals surface area contributed by atoms with Crippen molar-refractivity contribution in [1.29, 1.82) is 0 Å². The Morgan fingerprint density at radius 3 is 2.42 bits per heavy atom. The van der Waals surface area contributed by atoms with Crippen LogP contribution in [0.1, 0.15) is 32.1 Å². The number of aliphatic carboxylic acids is 1. The third-order valence-electron chi connectivity index (χ3n) is 2.39. The van der Waals surface area contributed by atoms with Gasteiger partial charge < -0.3 is 10.8 Å². The Morgan fingerprint density at radius 1 is 1.25 bits per heavy atom. The summed E-state index contributed by atoms with van der Waals surface area (Å²) in [5.74, 6) is -1.02. The van der Waals surface area contributed by atoms with Crippen LogP contribution in [-0.4, -0.2) is 17.1 Å². The van der Waals surface area contributed by atoms with Gasteiger partial charge in [-0.2, -0.15) is 0 Å². The monoisotopic (exact) mass is 193 g/mol. The Morgan fingerprint density at radius 2 is 1.83 bits per heavy atom. The molecule has 3 nitrogen and oxygen atoms in total. The van der Waals surface area contributed by atoms with Crippen molar-refractivity contribution in [3.05, 3.63) is 0 Å². The van der Waals surface area contributed by atoms with Crippen molar-refractivity contribution in [2.75, 3.05) is 0 Å². The minimum absolute atomic E-state index is 0. The van der Waals surface area contributed by atoms with Crippen molar-refractivity contribution in [2.24, 2.45) is 11.7 Å². The van der Waals surface area contributed by atoms with E-state index >= 15 is 0 Å². The second-order valence-corrected chi connectivity index (χ2v) is 3.25.